The molecule has 1 unspecified atom stereocenters. The first-order valence-electron chi connectivity index (χ1n) is 17.4. The van der Waals surface area contributed by atoms with Crippen molar-refractivity contribution in [3.05, 3.63) is 83.3 Å². The number of carbonyl (C=O) groups is 1. The molecule has 0 bridgehead atoms. The Kier molecular flexibility index (Phi) is 9.71. The van der Waals surface area contributed by atoms with Crippen molar-refractivity contribution in [3.8, 4) is 16.9 Å². The molecule has 3 aromatic carbocycles. The predicted molar refractivity (Wildman–Crippen MR) is 194 cm³/mol. The number of morpholine rings is 1. The molecule has 0 radical (unpaired) electrons. The summed E-state index contributed by atoms with van der Waals surface area (Å²) in [4.78, 5) is 15.4. The number of hydrogen-bond donors (Lipinski definition) is 1. The fourth-order valence-electron chi connectivity index (χ4n) is 7.72. The van der Waals surface area contributed by atoms with E-state index in [-0.39, 0.29) is 24.4 Å². The number of nitrogens with zero attached hydrogens (tertiary/aromatic N) is 5. The van der Waals surface area contributed by atoms with E-state index in [0.717, 1.165) is 62.9 Å². The van der Waals surface area contributed by atoms with E-state index < -0.39 is 22.0 Å². The Morgan fingerprint density at radius 3 is 2.54 bits per heavy atom. The highest BCUT2D eigenvalue weighted by Gasteiger charge is 2.35. The molecule has 1 saturated heterocycles. The van der Waals surface area contributed by atoms with E-state index in [0.29, 0.717) is 51.3 Å². The van der Waals surface area contributed by atoms with Gasteiger partial charge in [-0.3, -0.25) is 9.58 Å². The molecular weight excluding hydrogens is 655 g/mol. The summed E-state index contributed by atoms with van der Waals surface area (Å²) in [6.45, 7) is 6.30. The fraction of sp³-hybridized carbons (Fsp3) is 0.421. The molecular formula is C38H45N5O6S. The molecule has 1 fully saturated rings. The van der Waals surface area contributed by atoms with E-state index in [1.807, 2.05) is 71.8 Å². The van der Waals surface area contributed by atoms with Gasteiger partial charge in [-0.15, -0.1) is 0 Å². The Labute approximate surface area is 293 Å². The standard InChI is InChI=1S/C38H45N5O6S/c1-26-34-31-14-7-13-29-30(15-8-22-49-33-16-6-11-27-10-4-5-12-28(27)33)37(38(44)45)43(36(29)31)18-9-25-50(46,47)41(3)32(35(34)39-40(26)2)17-19-42-20-23-48-24-21-42/h4-7,10-14,16,32H,8-9,15,17-25H2,1-3H3,(H,44,45). The van der Waals surface area contributed by atoms with Crippen LogP contribution in [0.3, 0.4) is 0 Å². The van der Waals surface area contributed by atoms with Crippen molar-refractivity contribution in [1.82, 2.24) is 23.6 Å². The highest BCUT2D eigenvalue weighted by atomic mass is 32.2. The number of aromatic carboxylic acids is 1. The highest BCUT2D eigenvalue weighted by molar-refractivity contribution is 7.89. The van der Waals surface area contributed by atoms with Gasteiger partial charge in [0.25, 0.3) is 0 Å². The molecule has 11 nitrogen and oxygen atoms in total. The van der Waals surface area contributed by atoms with Gasteiger partial charge in [0.1, 0.15) is 11.4 Å². The van der Waals surface area contributed by atoms with Crippen LogP contribution in [0.5, 0.6) is 5.75 Å². The lowest BCUT2D eigenvalue weighted by Gasteiger charge is -2.31. The Morgan fingerprint density at radius 2 is 1.74 bits per heavy atom. The van der Waals surface area contributed by atoms with Crippen LogP contribution in [-0.4, -0.2) is 95.3 Å². The summed E-state index contributed by atoms with van der Waals surface area (Å²) in [7, 11) is -0.164. The zero-order chi connectivity index (χ0) is 35.0. The largest absolute Gasteiger partial charge is 0.493 e. The first-order chi connectivity index (χ1) is 24.2. The minimum Gasteiger partial charge on any atom is -0.493 e. The number of aromatic nitrogens is 3. The zero-order valence-electron chi connectivity index (χ0n) is 29.0. The van der Waals surface area contributed by atoms with Crippen LogP contribution in [0.4, 0.5) is 0 Å². The number of sulfonamides is 1. The predicted octanol–water partition coefficient (Wildman–Crippen LogP) is 5.64. The molecule has 12 heteroatoms. The number of hydrogen-bond acceptors (Lipinski definition) is 7. The number of carboxylic acids is 1. The molecule has 2 aliphatic heterocycles. The maximum atomic E-state index is 13.9. The van der Waals surface area contributed by atoms with Gasteiger partial charge in [-0.1, -0.05) is 54.6 Å². The first kappa shape index (κ1) is 34.2. The van der Waals surface area contributed by atoms with E-state index in [1.54, 1.807) is 7.05 Å². The lowest BCUT2D eigenvalue weighted by atomic mass is 9.95. The Morgan fingerprint density at radius 1 is 1.00 bits per heavy atom. The molecule has 0 aliphatic carbocycles. The maximum Gasteiger partial charge on any atom is 0.352 e. The quantitative estimate of drug-likeness (QED) is 0.197. The van der Waals surface area contributed by atoms with E-state index in [1.165, 1.54) is 4.31 Å². The SMILES string of the molecule is Cc1c2c(nn1C)C(CCN1CCOCC1)N(C)S(=O)(=O)CCCn1c(C(=O)O)c(CCCOc3cccc4ccccc34)c3cccc-2c31. The molecule has 0 spiro atoms. The highest BCUT2D eigenvalue weighted by Crippen LogP contribution is 2.42. The smallest absolute Gasteiger partial charge is 0.352 e. The van der Waals surface area contributed by atoms with E-state index in [4.69, 9.17) is 14.6 Å². The Hall–Kier alpha value is -4.23. The van der Waals surface area contributed by atoms with Gasteiger partial charge in [0.2, 0.25) is 10.0 Å². The van der Waals surface area contributed by atoms with Crippen molar-refractivity contribution in [2.75, 3.05) is 52.3 Å². The second kappa shape index (κ2) is 14.2. The summed E-state index contributed by atoms with van der Waals surface area (Å²) in [5.41, 5.74) is 5.05. The van der Waals surface area contributed by atoms with Crippen LogP contribution < -0.4 is 4.74 Å². The maximum absolute atomic E-state index is 13.9. The number of carboxylic acid groups (broad SMARTS) is 1. The molecule has 4 heterocycles. The van der Waals surface area contributed by atoms with Gasteiger partial charge in [-0.25, -0.2) is 13.2 Å². The third-order valence-electron chi connectivity index (χ3n) is 10.4. The third kappa shape index (κ3) is 6.41. The van der Waals surface area contributed by atoms with Crippen molar-refractivity contribution < 1.29 is 27.8 Å². The fourth-order valence-corrected chi connectivity index (χ4v) is 9.09. The van der Waals surface area contributed by atoms with Gasteiger partial charge in [-0.05, 0) is 49.6 Å². The van der Waals surface area contributed by atoms with Crippen molar-refractivity contribution in [2.24, 2.45) is 7.05 Å². The van der Waals surface area contributed by atoms with Crippen LogP contribution in [-0.2, 0) is 34.8 Å². The lowest BCUT2D eigenvalue weighted by molar-refractivity contribution is 0.0351. The molecule has 50 heavy (non-hydrogen) atoms. The van der Waals surface area contributed by atoms with Gasteiger partial charge in [-0.2, -0.15) is 9.40 Å². The number of benzene rings is 3. The minimum atomic E-state index is -3.70. The summed E-state index contributed by atoms with van der Waals surface area (Å²) >= 11 is 0. The van der Waals surface area contributed by atoms with Crippen molar-refractivity contribution in [2.45, 2.75) is 45.2 Å². The van der Waals surface area contributed by atoms with E-state index >= 15 is 0 Å². The van der Waals surface area contributed by atoms with E-state index in [2.05, 4.69) is 17.0 Å². The summed E-state index contributed by atoms with van der Waals surface area (Å²) in [5, 5.41) is 18.7. The summed E-state index contributed by atoms with van der Waals surface area (Å²) in [5.74, 6) is -0.332. The van der Waals surface area contributed by atoms with Gasteiger partial charge < -0.3 is 19.1 Å². The minimum absolute atomic E-state index is 0.103. The van der Waals surface area contributed by atoms with Crippen LogP contribution in [0.15, 0.2) is 60.7 Å². The summed E-state index contributed by atoms with van der Waals surface area (Å²) < 4.78 is 44.8. The number of para-hydroxylation sites is 1. The molecule has 2 aromatic heterocycles. The monoisotopic (exact) mass is 699 g/mol. The molecule has 2 aliphatic rings. The number of rotatable bonds is 9. The van der Waals surface area contributed by atoms with Gasteiger partial charge in [0.05, 0.1) is 42.8 Å². The topological polar surface area (TPSA) is 119 Å². The van der Waals surface area contributed by atoms with E-state index in [9.17, 15) is 18.3 Å². The van der Waals surface area contributed by atoms with Crippen LogP contribution in [0.25, 0.3) is 32.8 Å². The van der Waals surface area contributed by atoms with Crippen LogP contribution in [0.2, 0.25) is 0 Å². The van der Waals surface area contributed by atoms with Crippen LogP contribution in [0.1, 0.15) is 52.7 Å². The molecule has 7 rings (SSSR count). The Balaban J connectivity index is 1.30. The van der Waals surface area contributed by atoms with Crippen LogP contribution in [0, 0.1) is 6.92 Å². The normalized spacial score (nSPS) is 18.6. The van der Waals surface area contributed by atoms with Crippen molar-refractivity contribution >= 4 is 37.7 Å². The summed E-state index contributed by atoms with van der Waals surface area (Å²) in [6, 6.07) is 19.6. The summed E-state index contributed by atoms with van der Waals surface area (Å²) in [6.07, 6.45) is 1.93. The van der Waals surface area contributed by atoms with Gasteiger partial charge >= 0.3 is 5.97 Å². The van der Waals surface area contributed by atoms with Gasteiger partial charge in [0, 0.05) is 67.9 Å². The molecule has 1 atom stereocenters. The number of aryl methyl sites for hydroxylation is 3. The molecule has 1 N–H and O–H groups in total. The van der Waals surface area contributed by atoms with Crippen molar-refractivity contribution in [3.63, 3.8) is 0 Å². The molecule has 0 amide bonds. The number of fused-ring (bicyclic) bond motifs is 3. The second-order valence-corrected chi connectivity index (χ2v) is 15.5. The van der Waals surface area contributed by atoms with Gasteiger partial charge in [0.15, 0.2) is 0 Å². The average molecular weight is 700 g/mol. The van der Waals surface area contributed by atoms with Crippen LogP contribution >= 0.6 is 0 Å². The first-order valence-corrected chi connectivity index (χ1v) is 19.0. The third-order valence-corrected chi connectivity index (χ3v) is 12.3. The molecule has 264 valence electrons. The molecule has 0 saturated carbocycles. The number of ether oxygens (including phenoxy) is 2. The second-order valence-electron chi connectivity index (χ2n) is 13.3. The average Bonchev–Trinajstić information content (AvgIpc) is 3.59. The lowest BCUT2D eigenvalue weighted by Crippen LogP contribution is -2.40. The molecule has 5 aromatic rings. The van der Waals surface area contributed by atoms with Crippen molar-refractivity contribution in [1.29, 1.82) is 0 Å². The zero-order valence-corrected chi connectivity index (χ0v) is 29.8. The Bertz CT molecular complexity index is 2140.